The van der Waals surface area contributed by atoms with E-state index in [1.165, 1.54) is 0 Å². The van der Waals surface area contributed by atoms with Crippen molar-refractivity contribution < 1.29 is 19.0 Å². The van der Waals surface area contributed by atoms with E-state index in [1.807, 2.05) is 0 Å². The van der Waals surface area contributed by atoms with Crippen molar-refractivity contribution in [1.82, 2.24) is 0 Å². The summed E-state index contributed by atoms with van der Waals surface area (Å²) in [5.41, 5.74) is 0. The van der Waals surface area contributed by atoms with E-state index in [9.17, 15) is 4.79 Å². The highest BCUT2D eigenvalue weighted by Crippen LogP contribution is 2.24. The second-order valence-corrected chi connectivity index (χ2v) is 4.25. The Morgan fingerprint density at radius 1 is 1.40 bits per heavy atom. The van der Waals surface area contributed by atoms with E-state index < -0.39 is 0 Å². The molecule has 2 atom stereocenters. The first kappa shape index (κ1) is 11.0. The van der Waals surface area contributed by atoms with E-state index in [0.717, 1.165) is 32.7 Å². The van der Waals surface area contributed by atoms with Gasteiger partial charge in [-0.2, -0.15) is 0 Å². The maximum Gasteiger partial charge on any atom is 0.166 e. The number of methoxy groups -OCH3 is 1. The van der Waals surface area contributed by atoms with Gasteiger partial charge in [0, 0.05) is 26.7 Å². The van der Waals surface area contributed by atoms with E-state index in [-0.39, 0.29) is 18.0 Å². The van der Waals surface area contributed by atoms with Crippen LogP contribution in [0.15, 0.2) is 0 Å². The lowest BCUT2D eigenvalue weighted by molar-refractivity contribution is -0.164. The van der Waals surface area contributed by atoms with Crippen molar-refractivity contribution in [3.05, 3.63) is 0 Å². The fourth-order valence-corrected chi connectivity index (χ4v) is 2.07. The highest BCUT2D eigenvalue weighted by molar-refractivity contribution is 5.90. The molecule has 2 fully saturated rings. The van der Waals surface area contributed by atoms with Gasteiger partial charge < -0.3 is 14.2 Å². The van der Waals surface area contributed by atoms with Gasteiger partial charge in [-0.3, -0.25) is 4.79 Å². The van der Waals surface area contributed by atoms with E-state index in [4.69, 9.17) is 14.2 Å². The maximum absolute atomic E-state index is 11.1. The Kier molecular flexibility index (Phi) is 3.72. The number of carbonyl (C=O) groups is 1. The van der Waals surface area contributed by atoms with Crippen LogP contribution in [-0.2, 0) is 19.0 Å². The molecule has 2 rings (SSSR count). The molecular formula is C11H18O4. The van der Waals surface area contributed by atoms with Crippen molar-refractivity contribution in [2.75, 3.05) is 26.9 Å². The third kappa shape index (κ3) is 2.56. The molecule has 4 heteroatoms. The standard InChI is InChI=1S/C11H18O4/c1-13-11-9(12)6-10(11)15-7-8-2-4-14-5-3-8/h8,10-11H,2-7H2,1H3. The zero-order valence-corrected chi connectivity index (χ0v) is 9.11. The summed E-state index contributed by atoms with van der Waals surface area (Å²) in [5, 5.41) is 0. The van der Waals surface area contributed by atoms with Gasteiger partial charge >= 0.3 is 0 Å². The Balaban J connectivity index is 1.67. The number of carbonyl (C=O) groups excluding carboxylic acids is 1. The van der Waals surface area contributed by atoms with E-state index >= 15 is 0 Å². The number of ketones is 1. The summed E-state index contributed by atoms with van der Waals surface area (Å²) >= 11 is 0. The first-order chi connectivity index (χ1) is 7.31. The van der Waals surface area contributed by atoms with Gasteiger partial charge in [-0.25, -0.2) is 0 Å². The summed E-state index contributed by atoms with van der Waals surface area (Å²) in [6.45, 7) is 2.41. The van der Waals surface area contributed by atoms with E-state index in [2.05, 4.69) is 0 Å². The first-order valence-electron chi connectivity index (χ1n) is 5.56. The van der Waals surface area contributed by atoms with Gasteiger partial charge in [0.25, 0.3) is 0 Å². The Labute approximate surface area is 89.9 Å². The van der Waals surface area contributed by atoms with Crippen LogP contribution in [0, 0.1) is 5.92 Å². The Morgan fingerprint density at radius 2 is 2.13 bits per heavy atom. The van der Waals surface area contributed by atoms with Crippen LogP contribution < -0.4 is 0 Å². The maximum atomic E-state index is 11.1. The van der Waals surface area contributed by atoms with Crippen LogP contribution in [0.2, 0.25) is 0 Å². The Bertz CT molecular complexity index is 223. The molecular weight excluding hydrogens is 196 g/mol. The normalized spacial score (nSPS) is 32.7. The topological polar surface area (TPSA) is 44.8 Å². The molecule has 0 amide bonds. The minimum Gasteiger partial charge on any atom is -0.381 e. The monoisotopic (exact) mass is 214 g/mol. The number of Topliss-reactive ketones (excluding diaryl/α,β-unsaturated/α-hetero) is 1. The number of rotatable bonds is 4. The lowest BCUT2D eigenvalue weighted by Gasteiger charge is -2.34. The van der Waals surface area contributed by atoms with Gasteiger partial charge in [0.2, 0.25) is 0 Å². The zero-order chi connectivity index (χ0) is 10.7. The zero-order valence-electron chi connectivity index (χ0n) is 9.11. The van der Waals surface area contributed by atoms with E-state index in [0.29, 0.717) is 12.3 Å². The van der Waals surface area contributed by atoms with Crippen molar-refractivity contribution in [3.8, 4) is 0 Å². The molecule has 0 spiro atoms. The third-order valence-electron chi connectivity index (χ3n) is 3.20. The molecule has 1 heterocycles. The molecule has 86 valence electrons. The van der Waals surface area contributed by atoms with Crippen LogP contribution >= 0.6 is 0 Å². The van der Waals surface area contributed by atoms with Gasteiger partial charge in [0.05, 0.1) is 12.7 Å². The Hall–Kier alpha value is -0.450. The van der Waals surface area contributed by atoms with Crippen LogP contribution in [0.3, 0.4) is 0 Å². The van der Waals surface area contributed by atoms with Crippen molar-refractivity contribution in [2.24, 2.45) is 5.92 Å². The first-order valence-corrected chi connectivity index (χ1v) is 5.56. The predicted molar refractivity (Wildman–Crippen MR) is 53.7 cm³/mol. The third-order valence-corrected chi connectivity index (χ3v) is 3.20. The molecule has 1 saturated heterocycles. The van der Waals surface area contributed by atoms with Crippen LogP contribution in [0.1, 0.15) is 19.3 Å². The molecule has 2 unspecified atom stereocenters. The van der Waals surface area contributed by atoms with Crippen molar-refractivity contribution >= 4 is 5.78 Å². The summed E-state index contributed by atoms with van der Waals surface area (Å²) < 4.78 is 16.0. The summed E-state index contributed by atoms with van der Waals surface area (Å²) in [6, 6.07) is 0. The molecule has 0 aromatic heterocycles. The van der Waals surface area contributed by atoms with Crippen molar-refractivity contribution in [2.45, 2.75) is 31.5 Å². The van der Waals surface area contributed by atoms with Gasteiger partial charge in [-0.15, -0.1) is 0 Å². The molecule has 1 saturated carbocycles. The van der Waals surface area contributed by atoms with Crippen LogP contribution in [0.4, 0.5) is 0 Å². The van der Waals surface area contributed by atoms with Crippen LogP contribution in [0.25, 0.3) is 0 Å². The van der Waals surface area contributed by atoms with Crippen molar-refractivity contribution in [3.63, 3.8) is 0 Å². The minimum atomic E-state index is -0.315. The van der Waals surface area contributed by atoms with Gasteiger partial charge in [0.15, 0.2) is 5.78 Å². The van der Waals surface area contributed by atoms with Crippen LogP contribution in [-0.4, -0.2) is 44.9 Å². The lowest BCUT2D eigenvalue weighted by Crippen LogP contribution is -2.50. The summed E-state index contributed by atoms with van der Waals surface area (Å²) in [5.74, 6) is 0.751. The van der Waals surface area contributed by atoms with Crippen LogP contribution in [0.5, 0.6) is 0 Å². The predicted octanol–water partition coefficient (Wildman–Crippen LogP) is 0.786. The summed E-state index contributed by atoms with van der Waals surface area (Å²) in [6.07, 6.45) is 2.33. The van der Waals surface area contributed by atoms with E-state index in [1.54, 1.807) is 7.11 Å². The van der Waals surface area contributed by atoms with Gasteiger partial charge in [0.1, 0.15) is 6.10 Å². The second kappa shape index (κ2) is 5.05. The number of ether oxygens (including phenoxy) is 3. The van der Waals surface area contributed by atoms with Gasteiger partial charge in [-0.05, 0) is 18.8 Å². The van der Waals surface area contributed by atoms with Crippen molar-refractivity contribution in [1.29, 1.82) is 0 Å². The highest BCUT2D eigenvalue weighted by atomic mass is 16.5. The molecule has 0 aromatic carbocycles. The minimum absolute atomic E-state index is 0.00894. The molecule has 1 aliphatic carbocycles. The molecule has 0 N–H and O–H groups in total. The lowest BCUT2D eigenvalue weighted by atomic mass is 9.89. The fraction of sp³-hybridized carbons (Fsp3) is 0.909. The molecule has 0 radical (unpaired) electrons. The SMILES string of the molecule is COC1C(=O)CC1OCC1CCOCC1. The fourth-order valence-electron chi connectivity index (χ4n) is 2.07. The average Bonchev–Trinajstić information content (AvgIpc) is 2.26. The highest BCUT2D eigenvalue weighted by Gasteiger charge is 2.41. The molecule has 0 aromatic rings. The summed E-state index contributed by atoms with van der Waals surface area (Å²) in [4.78, 5) is 11.1. The Morgan fingerprint density at radius 3 is 2.73 bits per heavy atom. The average molecular weight is 214 g/mol. The molecule has 4 nitrogen and oxygen atoms in total. The molecule has 0 bridgehead atoms. The molecule has 2 aliphatic rings. The van der Waals surface area contributed by atoms with Gasteiger partial charge in [-0.1, -0.05) is 0 Å². The largest absolute Gasteiger partial charge is 0.381 e. The number of hydrogen-bond acceptors (Lipinski definition) is 4. The summed E-state index contributed by atoms with van der Waals surface area (Å²) in [7, 11) is 1.56. The molecule has 15 heavy (non-hydrogen) atoms. The smallest absolute Gasteiger partial charge is 0.166 e. The molecule has 1 aliphatic heterocycles. The number of hydrogen-bond donors (Lipinski definition) is 0. The second-order valence-electron chi connectivity index (χ2n) is 4.25. The quantitative estimate of drug-likeness (QED) is 0.694.